The summed E-state index contributed by atoms with van der Waals surface area (Å²) in [7, 11) is 0.443. The van der Waals surface area contributed by atoms with Crippen LogP contribution in [0.2, 0.25) is 0 Å². The molecule has 51 heavy (non-hydrogen) atoms. The summed E-state index contributed by atoms with van der Waals surface area (Å²) in [6, 6.07) is 60.7. The minimum absolute atomic E-state index is 0.00801. The van der Waals surface area contributed by atoms with Crippen LogP contribution in [-0.2, 0) is 23.9 Å². The van der Waals surface area contributed by atoms with Crippen molar-refractivity contribution in [2.75, 3.05) is 14.2 Å². The second kappa shape index (κ2) is 14.1. The molecule has 2 aliphatic rings. The third-order valence-electron chi connectivity index (χ3n) is 10.7. The van der Waals surface area contributed by atoms with E-state index in [1.807, 2.05) is 0 Å². The zero-order chi connectivity index (χ0) is 34.7. The number of ether oxygens (including phenoxy) is 2. The molecule has 0 aliphatic carbocycles. The first kappa shape index (κ1) is 33.3. The molecule has 4 N–H and O–H groups in total. The molecule has 6 aromatic rings. The molecule has 2 fully saturated rings. The first-order valence-corrected chi connectivity index (χ1v) is 19.7. The number of rotatable bonds is 10. The van der Waals surface area contributed by atoms with Crippen LogP contribution in [0, 0.1) is 0 Å². The van der Waals surface area contributed by atoms with Crippen molar-refractivity contribution >= 4 is 7.87 Å². The summed E-state index contributed by atoms with van der Waals surface area (Å²) < 4.78 is 11.1. The topological polar surface area (TPSA) is 66.6 Å². The summed E-state index contributed by atoms with van der Waals surface area (Å²) >= 11 is 0. The van der Waals surface area contributed by atoms with E-state index in [2.05, 4.69) is 190 Å². The first-order valence-electron chi connectivity index (χ1n) is 17.7. The molecular formula is C44H45N4O2P. The number of hydrogen-bond acceptors (Lipinski definition) is 6. The Kier molecular flexibility index (Phi) is 9.20. The average molecular weight is 693 g/mol. The molecule has 1 unspecified atom stereocenters. The molecule has 8 rings (SSSR count). The van der Waals surface area contributed by atoms with E-state index >= 15 is 0 Å². The second-order valence-electron chi connectivity index (χ2n) is 13.6. The van der Waals surface area contributed by atoms with Gasteiger partial charge >= 0.3 is 303 Å². The summed E-state index contributed by atoms with van der Waals surface area (Å²) in [4.78, 5) is 0. The van der Waals surface area contributed by atoms with Gasteiger partial charge in [-0.3, -0.25) is 0 Å². The van der Waals surface area contributed by atoms with Gasteiger partial charge in [-0.15, -0.1) is 0 Å². The molecule has 2 heterocycles. The molecule has 0 bridgehead atoms. The molecule has 0 saturated carbocycles. The van der Waals surface area contributed by atoms with Gasteiger partial charge in [0.25, 0.3) is 0 Å². The third kappa shape index (κ3) is 6.14. The number of hydrogen-bond donors (Lipinski definition) is 4. The van der Waals surface area contributed by atoms with Crippen LogP contribution in [0.5, 0.6) is 11.5 Å². The fourth-order valence-corrected chi connectivity index (χ4v) is 12.6. The van der Waals surface area contributed by atoms with Crippen LogP contribution in [0.3, 0.4) is 0 Å². The van der Waals surface area contributed by atoms with Gasteiger partial charge in [0.05, 0.1) is 0 Å². The molecule has 0 amide bonds. The van der Waals surface area contributed by atoms with Gasteiger partial charge in [0.1, 0.15) is 0 Å². The van der Waals surface area contributed by atoms with Gasteiger partial charge in [-0.25, -0.2) is 0 Å². The molecule has 1 spiro atoms. The van der Waals surface area contributed by atoms with Crippen molar-refractivity contribution in [1.29, 1.82) is 0 Å². The fraction of sp³-hybridized carbons (Fsp3) is 0.182. The van der Waals surface area contributed by atoms with Crippen molar-refractivity contribution in [2.45, 2.75) is 36.0 Å². The second-order valence-corrected chi connectivity index (χ2v) is 16.2. The Balaban J connectivity index is 1.31. The van der Waals surface area contributed by atoms with Crippen molar-refractivity contribution < 1.29 is 9.47 Å². The maximum absolute atomic E-state index is 5.53. The predicted molar refractivity (Wildman–Crippen MR) is 209 cm³/mol. The summed E-state index contributed by atoms with van der Waals surface area (Å²) in [5.41, 5.74) is 6.26. The molecule has 7 heteroatoms. The van der Waals surface area contributed by atoms with Crippen molar-refractivity contribution in [3.8, 4) is 11.5 Å². The summed E-state index contributed by atoms with van der Waals surface area (Å²) in [6.07, 6.45) is 1.59. The standard InChI is InChI=1S/C44H45N4O2P/c1-49-39-27-23-33(24-28-39)31-41-43(35-15-7-3-8-16-35,36-17-9-4-10-18-36)47-51(45-41)46-42(32-34-25-29-40(50-2)30-26-34)44(48-51,37-19-11-5-12-20-37)38-21-13-6-14-22-38/h3-30,41-42,45-48,51H,31-32H2,1-2H3/t41-,42?/m0/s1. The van der Waals surface area contributed by atoms with Gasteiger partial charge in [-0.05, 0) is 0 Å². The molecule has 6 aromatic carbocycles. The molecule has 0 radical (unpaired) electrons. The Morgan fingerprint density at radius 1 is 0.431 bits per heavy atom. The molecule has 0 aromatic heterocycles. The van der Waals surface area contributed by atoms with E-state index in [1.165, 1.54) is 33.4 Å². The molecule has 2 aliphatic heterocycles. The number of nitrogens with one attached hydrogen (secondary N) is 4. The molecule has 258 valence electrons. The Morgan fingerprint density at radius 3 is 1.00 bits per heavy atom. The Labute approximate surface area is 301 Å². The van der Waals surface area contributed by atoms with E-state index in [0.29, 0.717) is 0 Å². The van der Waals surface area contributed by atoms with Crippen molar-refractivity contribution in [3.63, 3.8) is 0 Å². The maximum atomic E-state index is 5.53. The fourth-order valence-electron chi connectivity index (χ4n) is 8.36. The van der Waals surface area contributed by atoms with Crippen molar-refractivity contribution in [3.05, 3.63) is 203 Å². The summed E-state index contributed by atoms with van der Waals surface area (Å²) in [5, 5.41) is 17.4. The minimum atomic E-state index is -2.99. The van der Waals surface area contributed by atoms with Gasteiger partial charge < -0.3 is 0 Å². The van der Waals surface area contributed by atoms with Gasteiger partial charge in [0.2, 0.25) is 0 Å². The van der Waals surface area contributed by atoms with Crippen LogP contribution < -0.4 is 29.8 Å². The Morgan fingerprint density at radius 2 is 0.725 bits per heavy atom. The van der Waals surface area contributed by atoms with Gasteiger partial charge in [-0.2, -0.15) is 0 Å². The van der Waals surface area contributed by atoms with Crippen molar-refractivity contribution in [1.82, 2.24) is 20.3 Å². The summed E-state index contributed by atoms with van der Waals surface area (Å²) in [6.45, 7) is 0. The van der Waals surface area contributed by atoms with E-state index in [1.54, 1.807) is 14.2 Å². The van der Waals surface area contributed by atoms with Crippen LogP contribution in [-0.4, -0.2) is 26.3 Å². The van der Waals surface area contributed by atoms with E-state index in [-0.39, 0.29) is 12.1 Å². The molecule has 2 atom stereocenters. The van der Waals surface area contributed by atoms with Crippen LogP contribution in [0.15, 0.2) is 170 Å². The van der Waals surface area contributed by atoms with Crippen molar-refractivity contribution in [2.24, 2.45) is 0 Å². The third-order valence-corrected chi connectivity index (χ3v) is 13.8. The zero-order valence-electron chi connectivity index (χ0n) is 29.1. The zero-order valence-corrected chi connectivity index (χ0v) is 30.1. The predicted octanol–water partition coefficient (Wildman–Crippen LogP) is 7.91. The normalized spacial score (nSPS) is 20.5. The van der Waals surface area contributed by atoms with E-state index < -0.39 is 18.9 Å². The van der Waals surface area contributed by atoms with Crippen LogP contribution in [0.4, 0.5) is 0 Å². The van der Waals surface area contributed by atoms with Gasteiger partial charge in [-0.1, -0.05) is 0 Å². The molecule has 2 saturated heterocycles. The number of benzene rings is 6. The Bertz CT molecular complexity index is 1800. The SMILES string of the molecule is COc1ccc(CC2N[PH]3(N[C@@H](Cc4ccc(OC)cc4)C(c4ccccc4)(c4ccccc4)N3)NC2(c2ccccc2)c2ccccc2)cc1. The number of methoxy groups -OCH3 is 2. The van der Waals surface area contributed by atoms with E-state index in [0.717, 1.165) is 24.3 Å². The quantitative estimate of drug-likeness (QED) is 0.110. The van der Waals surface area contributed by atoms with Gasteiger partial charge in [0, 0.05) is 0 Å². The van der Waals surface area contributed by atoms with E-state index in [4.69, 9.17) is 9.47 Å². The Hall–Kier alpha value is -4.81. The van der Waals surface area contributed by atoms with Crippen LogP contribution in [0.25, 0.3) is 0 Å². The molecule has 6 nitrogen and oxygen atoms in total. The van der Waals surface area contributed by atoms with Crippen LogP contribution in [0.1, 0.15) is 33.4 Å². The van der Waals surface area contributed by atoms with E-state index in [9.17, 15) is 0 Å². The van der Waals surface area contributed by atoms with Crippen LogP contribution >= 0.6 is 7.87 Å². The molecular weight excluding hydrogens is 647 g/mol. The monoisotopic (exact) mass is 692 g/mol. The summed E-state index contributed by atoms with van der Waals surface area (Å²) in [5.74, 6) is 1.71. The average Bonchev–Trinajstić information content (AvgIpc) is 3.70. The first-order chi connectivity index (χ1) is 25.1. The van der Waals surface area contributed by atoms with Gasteiger partial charge in [0.15, 0.2) is 0 Å².